The third-order valence-corrected chi connectivity index (χ3v) is 8.68. The van der Waals surface area contributed by atoms with Gasteiger partial charge in [-0.05, 0) is 18.2 Å². The van der Waals surface area contributed by atoms with E-state index in [4.69, 9.17) is 0 Å². The molecule has 4 rings (SSSR count). The molecule has 1 amide bonds. The van der Waals surface area contributed by atoms with Gasteiger partial charge in [0.2, 0.25) is 5.91 Å². The average molecular weight is 493 g/mol. The smallest absolute Gasteiger partial charge is 0.338 e. The van der Waals surface area contributed by atoms with Gasteiger partial charge in [-0.3, -0.25) is 14.2 Å². The van der Waals surface area contributed by atoms with Gasteiger partial charge in [0.1, 0.15) is 10.8 Å². The molecule has 1 aliphatic heterocycles. The first kappa shape index (κ1) is 22.9. The number of nitrogens with zero attached hydrogens (tertiary/aromatic N) is 3. The van der Waals surface area contributed by atoms with Gasteiger partial charge in [0.25, 0.3) is 15.6 Å². The average Bonchev–Trinajstić information content (AvgIpc) is 3.32. The van der Waals surface area contributed by atoms with Gasteiger partial charge in [0, 0.05) is 31.6 Å². The maximum Gasteiger partial charge on any atom is 0.338 e. The number of hydrogen-bond donors (Lipinski definition) is 1. The van der Waals surface area contributed by atoms with Gasteiger partial charge in [-0.15, -0.1) is 11.3 Å². The van der Waals surface area contributed by atoms with Crippen LogP contribution in [0.4, 0.5) is 0 Å². The molecular formula is C20H20N4O7S2. The van der Waals surface area contributed by atoms with Crippen molar-refractivity contribution in [3.8, 4) is 0 Å². The first-order chi connectivity index (χ1) is 15.7. The summed E-state index contributed by atoms with van der Waals surface area (Å²) < 4.78 is 32.5. The number of sulfonamides is 1. The number of carbonyl (C=O) groups excluding carboxylic acids is 2. The molecule has 2 aromatic heterocycles. The van der Waals surface area contributed by atoms with E-state index in [0.29, 0.717) is 10.9 Å². The fourth-order valence-corrected chi connectivity index (χ4v) is 6.28. The van der Waals surface area contributed by atoms with Gasteiger partial charge in [-0.2, -0.15) is 4.31 Å². The van der Waals surface area contributed by atoms with E-state index in [2.05, 4.69) is 9.72 Å². The van der Waals surface area contributed by atoms with Gasteiger partial charge in [-0.25, -0.2) is 18.0 Å². The van der Waals surface area contributed by atoms with E-state index >= 15 is 0 Å². The van der Waals surface area contributed by atoms with Crippen LogP contribution in [0.15, 0.2) is 49.5 Å². The molecule has 13 heteroatoms. The summed E-state index contributed by atoms with van der Waals surface area (Å²) in [6, 6.07) is 7.78. The Balaban J connectivity index is 1.45. The number of H-pyrrole nitrogens is 1. The largest absolute Gasteiger partial charge is 0.465 e. The predicted octanol–water partition coefficient (Wildman–Crippen LogP) is 0.0710. The number of rotatable bonds is 5. The zero-order valence-corrected chi connectivity index (χ0v) is 19.1. The number of amides is 1. The summed E-state index contributed by atoms with van der Waals surface area (Å²) in [6.07, 6.45) is 0. The number of carbonyl (C=O) groups is 2. The fourth-order valence-electron chi connectivity index (χ4n) is 3.56. The highest BCUT2D eigenvalue weighted by Gasteiger charge is 2.32. The van der Waals surface area contributed by atoms with Crippen LogP contribution < -0.4 is 11.2 Å². The summed E-state index contributed by atoms with van der Waals surface area (Å²) in [7, 11) is -2.62. The van der Waals surface area contributed by atoms with E-state index in [9.17, 15) is 27.6 Å². The minimum absolute atomic E-state index is 0.0110. The Morgan fingerprint density at radius 2 is 1.82 bits per heavy atom. The molecule has 0 atom stereocenters. The molecule has 1 aliphatic rings. The van der Waals surface area contributed by atoms with Crippen molar-refractivity contribution in [3.63, 3.8) is 0 Å². The van der Waals surface area contributed by atoms with E-state index in [-0.39, 0.29) is 36.0 Å². The number of para-hydroxylation sites is 1. The lowest BCUT2D eigenvalue weighted by Crippen LogP contribution is -2.52. The van der Waals surface area contributed by atoms with E-state index in [1.807, 2.05) is 0 Å². The number of fused-ring (bicyclic) bond motifs is 1. The predicted molar refractivity (Wildman–Crippen MR) is 120 cm³/mol. The first-order valence-electron chi connectivity index (χ1n) is 9.89. The number of nitrogens with one attached hydrogen (secondary N) is 1. The number of aromatic nitrogens is 2. The summed E-state index contributed by atoms with van der Waals surface area (Å²) in [5.41, 5.74) is -0.713. The molecule has 0 bridgehead atoms. The Labute approximate surface area is 191 Å². The van der Waals surface area contributed by atoms with Crippen LogP contribution in [0.25, 0.3) is 10.9 Å². The number of piperazine rings is 1. The SMILES string of the molecule is COC(=O)c1csc(S(=O)(=O)N2CCN(C(=O)Cn3c(=O)[nH]c4ccccc4c3=O)CC2)c1. The van der Waals surface area contributed by atoms with Crippen LogP contribution in [0, 0.1) is 0 Å². The molecule has 1 N–H and O–H groups in total. The van der Waals surface area contributed by atoms with Crippen molar-refractivity contribution in [2.75, 3.05) is 33.3 Å². The summed E-state index contributed by atoms with van der Waals surface area (Å²) >= 11 is 0.920. The van der Waals surface area contributed by atoms with Crippen LogP contribution in [0.2, 0.25) is 0 Å². The minimum atomic E-state index is -3.83. The van der Waals surface area contributed by atoms with Crippen molar-refractivity contribution >= 4 is 44.1 Å². The third-order valence-electron chi connectivity index (χ3n) is 5.36. The number of benzene rings is 1. The van der Waals surface area contributed by atoms with Gasteiger partial charge in [0.15, 0.2) is 0 Å². The topological polar surface area (TPSA) is 139 Å². The number of methoxy groups -OCH3 is 1. The van der Waals surface area contributed by atoms with Crippen LogP contribution in [-0.4, -0.2) is 72.3 Å². The molecule has 0 radical (unpaired) electrons. The molecule has 3 heterocycles. The van der Waals surface area contributed by atoms with E-state index in [0.717, 1.165) is 15.9 Å². The molecule has 0 unspecified atom stereocenters. The van der Waals surface area contributed by atoms with Gasteiger partial charge < -0.3 is 14.6 Å². The molecule has 11 nitrogen and oxygen atoms in total. The lowest BCUT2D eigenvalue weighted by atomic mass is 10.2. The van der Waals surface area contributed by atoms with E-state index in [1.165, 1.54) is 27.8 Å². The van der Waals surface area contributed by atoms with Crippen LogP contribution in [0.5, 0.6) is 0 Å². The second-order valence-corrected chi connectivity index (χ2v) is 10.4. The number of hydrogen-bond acceptors (Lipinski definition) is 8. The van der Waals surface area contributed by atoms with E-state index < -0.39 is 39.7 Å². The normalized spacial score (nSPS) is 15.0. The molecule has 1 aromatic carbocycles. The van der Waals surface area contributed by atoms with E-state index in [1.54, 1.807) is 24.3 Å². The summed E-state index contributed by atoms with van der Waals surface area (Å²) in [4.78, 5) is 53.3. The maximum absolute atomic E-state index is 12.9. The second-order valence-electron chi connectivity index (χ2n) is 7.30. The van der Waals surface area contributed by atoms with Crippen molar-refractivity contribution in [2.45, 2.75) is 10.8 Å². The van der Waals surface area contributed by atoms with Gasteiger partial charge >= 0.3 is 11.7 Å². The highest BCUT2D eigenvalue weighted by atomic mass is 32.2. The zero-order chi connectivity index (χ0) is 23.8. The standard InChI is InChI=1S/C20H20N4O7S2/c1-31-19(27)13-10-17(32-12-13)33(29,30)23-8-6-22(7-9-23)16(25)11-24-18(26)14-4-2-3-5-15(14)21-20(24)28/h2-5,10,12H,6-9,11H2,1H3,(H,21,28). The number of ether oxygens (including phenoxy) is 1. The monoisotopic (exact) mass is 492 g/mol. The highest BCUT2D eigenvalue weighted by Crippen LogP contribution is 2.25. The quantitative estimate of drug-likeness (QED) is 0.497. The number of aromatic amines is 1. The van der Waals surface area contributed by atoms with Crippen molar-refractivity contribution in [3.05, 3.63) is 62.1 Å². The Bertz CT molecular complexity index is 1450. The van der Waals surface area contributed by atoms with Gasteiger partial charge in [-0.1, -0.05) is 12.1 Å². The summed E-state index contributed by atoms with van der Waals surface area (Å²) in [5, 5.41) is 1.71. The Kier molecular flexibility index (Phi) is 6.19. The first-order valence-corrected chi connectivity index (χ1v) is 12.2. The number of thiophene rings is 1. The Hall–Kier alpha value is -3.29. The third kappa shape index (κ3) is 4.34. The number of esters is 1. The Morgan fingerprint density at radius 1 is 1.12 bits per heavy atom. The van der Waals surface area contributed by atoms with Crippen LogP contribution >= 0.6 is 11.3 Å². The molecule has 1 fully saturated rings. The van der Waals surface area contributed by atoms with Gasteiger partial charge in [0.05, 0.1) is 23.6 Å². The molecule has 0 spiro atoms. The molecule has 33 heavy (non-hydrogen) atoms. The zero-order valence-electron chi connectivity index (χ0n) is 17.5. The Morgan fingerprint density at radius 3 is 2.52 bits per heavy atom. The second kappa shape index (κ2) is 8.92. The van der Waals surface area contributed by atoms with Crippen molar-refractivity contribution in [1.82, 2.24) is 18.8 Å². The molecule has 1 saturated heterocycles. The lowest BCUT2D eigenvalue weighted by Gasteiger charge is -2.33. The van der Waals surface area contributed by atoms with Crippen molar-refractivity contribution in [2.24, 2.45) is 0 Å². The minimum Gasteiger partial charge on any atom is -0.465 e. The van der Waals surface area contributed by atoms with Crippen molar-refractivity contribution in [1.29, 1.82) is 0 Å². The maximum atomic E-state index is 12.9. The molecule has 174 valence electrons. The summed E-state index contributed by atoms with van der Waals surface area (Å²) in [6.45, 7) is -0.148. The molecule has 0 aliphatic carbocycles. The van der Waals surface area contributed by atoms with Crippen LogP contribution in [0.3, 0.4) is 0 Å². The fraction of sp³-hybridized carbons (Fsp3) is 0.300. The van der Waals surface area contributed by atoms with Crippen LogP contribution in [-0.2, 0) is 26.1 Å². The summed E-state index contributed by atoms with van der Waals surface area (Å²) in [5.74, 6) is -1.08. The molecular weight excluding hydrogens is 472 g/mol. The lowest BCUT2D eigenvalue weighted by molar-refractivity contribution is -0.133. The van der Waals surface area contributed by atoms with Crippen molar-refractivity contribution < 1.29 is 22.7 Å². The van der Waals surface area contributed by atoms with Crippen LogP contribution in [0.1, 0.15) is 10.4 Å². The highest BCUT2D eigenvalue weighted by molar-refractivity contribution is 7.91. The molecule has 0 saturated carbocycles. The molecule has 3 aromatic rings.